The topological polar surface area (TPSA) is 58.2 Å². The van der Waals surface area contributed by atoms with E-state index < -0.39 is 0 Å². The van der Waals surface area contributed by atoms with Crippen molar-refractivity contribution in [2.45, 2.75) is 13.0 Å². The summed E-state index contributed by atoms with van der Waals surface area (Å²) in [6.07, 6.45) is 0.818. The van der Waals surface area contributed by atoms with Gasteiger partial charge in [-0.2, -0.15) is 0 Å². The predicted molar refractivity (Wildman–Crippen MR) is 76.9 cm³/mol. The fourth-order valence-electron chi connectivity index (χ4n) is 2.45. The van der Waals surface area contributed by atoms with Crippen molar-refractivity contribution in [3.8, 4) is 17.1 Å². The third-order valence-corrected chi connectivity index (χ3v) is 3.62. The Morgan fingerprint density at radius 1 is 1.30 bits per heavy atom. The highest BCUT2D eigenvalue weighted by atomic mass is 16.5. The monoisotopic (exact) mass is 271 g/mol. The van der Waals surface area contributed by atoms with Crippen LogP contribution in [0.3, 0.4) is 0 Å². The van der Waals surface area contributed by atoms with E-state index in [1.807, 2.05) is 31.3 Å². The molecular formula is C15H17N3O2. The summed E-state index contributed by atoms with van der Waals surface area (Å²) >= 11 is 0. The number of methoxy groups -OCH3 is 1. The van der Waals surface area contributed by atoms with Crippen LogP contribution < -0.4 is 10.3 Å². The van der Waals surface area contributed by atoms with Crippen molar-refractivity contribution in [3.05, 3.63) is 45.9 Å². The van der Waals surface area contributed by atoms with Gasteiger partial charge in [0.25, 0.3) is 5.56 Å². The molecule has 3 rings (SSSR count). The van der Waals surface area contributed by atoms with Gasteiger partial charge in [-0.05, 0) is 31.3 Å². The van der Waals surface area contributed by atoms with Gasteiger partial charge in [-0.3, -0.25) is 4.79 Å². The first-order valence-corrected chi connectivity index (χ1v) is 6.62. The second kappa shape index (κ2) is 5.09. The van der Waals surface area contributed by atoms with Crippen molar-refractivity contribution in [3.63, 3.8) is 0 Å². The van der Waals surface area contributed by atoms with Crippen LogP contribution in [0.15, 0.2) is 29.1 Å². The Bertz CT molecular complexity index is 677. The minimum Gasteiger partial charge on any atom is -0.497 e. The Kier molecular flexibility index (Phi) is 3.28. The number of fused-ring (bicyclic) bond motifs is 1. The average Bonchev–Trinajstić information content (AvgIpc) is 2.48. The SMILES string of the molecule is COc1ccc(-c2nc3c(c(=O)[nH]2)CN(C)CC3)cc1. The van der Waals surface area contributed by atoms with Gasteiger partial charge in [0.1, 0.15) is 11.6 Å². The Labute approximate surface area is 117 Å². The summed E-state index contributed by atoms with van der Waals surface area (Å²) in [6.45, 7) is 1.60. The molecule has 0 aliphatic carbocycles. The van der Waals surface area contributed by atoms with Crippen LogP contribution in [0.5, 0.6) is 5.75 Å². The molecule has 1 aromatic carbocycles. The van der Waals surface area contributed by atoms with E-state index in [9.17, 15) is 4.79 Å². The quantitative estimate of drug-likeness (QED) is 0.897. The van der Waals surface area contributed by atoms with Gasteiger partial charge < -0.3 is 14.6 Å². The molecule has 0 saturated heterocycles. The zero-order chi connectivity index (χ0) is 14.1. The summed E-state index contributed by atoms with van der Waals surface area (Å²) in [5, 5.41) is 0. The molecule has 0 spiro atoms. The van der Waals surface area contributed by atoms with Crippen molar-refractivity contribution in [1.29, 1.82) is 0 Å². The largest absolute Gasteiger partial charge is 0.497 e. The maximum Gasteiger partial charge on any atom is 0.255 e. The molecule has 0 amide bonds. The van der Waals surface area contributed by atoms with Crippen molar-refractivity contribution in [2.75, 3.05) is 20.7 Å². The van der Waals surface area contributed by atoms with Crippen LogP contribution in [0.2, 0.25) is 0 Å². The van der Waals surface area contributed by atoms with Crippen LogP contribution in [0.1, 0.15) is 11.3 Å². The van der Waals surface area contributed by atoms with E-state index >= 15 is 0 Å². The molecule has 1 aromatic heterocycles. The van der Waals surface area contributed by atoms with E-state index in [1.54, 1.807) is 7.11 Å². The highest BCUT2D eigenvalue weighted by Crippen LogP contribution is 2.20. The van der Waals surface area contributed by atoms with Crippen molar-refractivity contribution < 1.29 is 4.74 Å². The lowest BCUT2D eigenvalue weighted by Crippen LogP contribution is -2.33. The number of hydrogen-bond acceptors (Lipinski definition) is 4. The summed E-state index contributed by atoms with van der Waals surface area (Å²) in [4.78, 5) is 21.8. The standard InChI is InChI=1S/C15H17N3O2/c1-18-8-7-13-12(9-18)15(19)17-14(16-13)10-3-5-11(20-2)6-4-10/h3-6H,7-9H2,1-2H3,(H,16,17,19). The first-order chi connectivity index (χ1) is 9.67. The maximum absolute atomic E-state index is 12.2. The average molecular weight is 271 g/mol. The smallest absolute Gasteiger partial charge is 0.255 e. The molecule has 0 radical (unpaired) electrons. The van der Waals surface area contributed by atoms with Gasteiger partial charge >= 0.3 is 0 Å². The second-order valence-electron chi connectivity index (χ2n) is 5.06. The van der Waals surface area contributed by atoms with Crippen LogP contribution in [-0.4, -0.2) is 35.6 Å². The molecule has 2 aromatic rings. The number of likely N-dealkylation sites (N-methyl/N-ethyl adjacent to an activating group) is 1. The van der Waals surface area contributed by atoms with Gasteiger partial charge in [0.2, 0.25) is 0 Å². The van der Waals surface area contributed by atoms with E-state index in [0.29, 0.717) is 12.4 Å². The fourth-order valence-corrected chi connectivity index (χ4v) is 2.45. The number of hydrogen-bond donors (Lipinski definition) is 1. The van der Waals surface area contributed by atoms with E-state index in [4.69, 9.17) is 4.74 Å². The first-order valence-electron chi connectivity index (χ1n) is 6.62. The lowest BCUT2D eigenvalue weighted by Gasteiger charge is -2.23. The van der Waals surface area contributed by atoms with Crippen LogP contribution in [-0.2, 0) is 13.0 Å². The first kappa shape index (κ1) is 12.9. The second-order valence-corrected chi connectivity index (χ2v) is 5.06. The summed E-state index contributed by atoms with van der Waals surface area (Å²) in [6, 6.07) is 7.53. The van der Waals surface area contributed by atoms with E-state index in [0.717, 1.165) is 35.5 Å². The molecule has 0 fully saturated rings. The molecule has 0 saturated carbocycles. The van der Waals surface area contributed by atoms with Gasteiger partial charge in [-0.25, -0.2) is 4.98 Å². The lowest BCUT2D eigenvalue weighted by molar-refractivity contribution is 0.307. The van der Waals surface area contributed by atoms with Gasteiger partial charge in [0.15, 0.2) is 0 Å². The van der Waals surface area contributed by atoms with Crippen LogP contribution in [0, 0.1) is 0 Å². The number of aromatic nitrogens is 2. The van der Waals surface area contributed by atoms with Gasteiger partial charge in [0.05, 0.1) is 18.4 Å². The highest BCUT2D eigenvalue weighted by molar-refractivity contribution is 5.56. The number of rotatable bonds is 2. The number of H-pyrrole nitrogens is 1. The summed E-state index contributed by atoms with van der Waals surface area (Å²) in [5.41, 5.74) is 2.56. The van der Waals surface area contributed by atoms with Crippen LogP contribution >= 0.6 is 0 Å². The number of ether oxygens (including phenoxy) is 1. The molecule has 1 aliphatic heterocycles. The maximum atomic E-state index is 12.2. The molecule has 104 valence electrons. The lowest BCUT2D eigenvalue weighted by atomic mass is 10.1. The normalized spacial score (nSPS) is 14.9. The fraction of sp³-hybridized carbons (Fsp3) is 0.333. The number of nitrogens with one attached hydrogen (secondary N) is 1. The Balaban J connectivity index is 2.02. The number of nitrogens with zero attached hydrogens (tertiary/aromatic N) is 2. The summed E-state index contributed by atoms with van der Waals surface area (Å²) < 4.78 is 5.13. The molecule has 0 bridgehead atoms. The van der Waals surface area contributed by atoms with Gasteiger partial charge in [0, 0.05) is 25.1 Å². The number of benzene rings is 1. The molecule has 0 unspecified atom stereocenters. The molecule has 0 atom stereocenters. The zero-order valence-corrected chi connectivity index (χ0v) is 11.6. The van der Waals surface area contributed by atoms with Gasteiger partial charge in [-0.1, -0.05) is 0 Å². The van der Waals surface area contributed by atoms with Crippen molar-refractivity contribution in [1.82, 2.24) is 14.9 Å². The Morgan fingerprint density at radius 3 is 2.75 bits per heavy atom. The Morgan fingerprint density at radius 2 is 2.05 bits per heavy atom. The third kappa shape index (κ3) is 2.32. The van der Waals surface area contributed by atoms with Gasteiger partial charge in [-0.15, -0.1) is 0 Å². The molecule has 20 heavy (non-hydrogen) atoms. The molecule has 1 N–H and O–H groups in total. The minimum absolute atomic E-state index is 0.0348. The highest BCUT2D eigenvalue weighted by Gasteiger charge is 2.18. The van der Waals surface area contributed by atoms with Crippen LogP contribution in [0.4, 0.5) is 0 Å². The Hall–Kier alpha value is -2.14. The molecule has 2 heterocycles. The van der Waals surface area contributed by atoms with E-state index in [-0.39, 0.29) is 5.56 Å². The predicted octanol–water partition coefficient (Wildman–Crippen LogP) is 1.43. The molecule has 5 nitrogen and oxygen atoms in total. The van der Waals surface area contributed by atoms with Crippen molar-refractivity contribution >= 4 is 0 Å². The molecular weight excluding hydrogens is 254 g/mol. The number of aromatic amines is 1. The summed E-state index contributed by atoms with van der Waals surface area (Å²) in [5.74, 6) is 1.41. The van der Waals surface area contributed by atoms with E-state index in [1.165, 1.54) is 0 Å². The van der Waals surface area contributed by atoms with E-state index in [2.05, 4.69) is 14.9 Å². The zero-order valence-electron chi connectivity index (χ0n) is 11.6. The minimum atomic E-state index is -0.0348. The molecule has 1 aliphatic rings. The van der Waals surface area contributed by atoms with Crippen molar-refractivity contribution in [2.24, 2.45) is 0 Å². The van der Waals surface area contributed by atoms with Crippen LogP contribution in [0.25, 0.3) is 11.4 Å². The molecule has 5 heteroatoms. The third-order valence-electron chi connectivity index (χ3n) is 3.62. The summed E-state index contributed by atoms with van der Waals surface area (Å²) in [7, 11) is 3.64.